The molecule has 2 aromatic rings. The van der Waals surface area contributed by atoms with Gasteiger partial charge >= 0.3 is 0 Å². The second kappa shape index (κ2) is 4.70. The fourth-order valence-corrected chi connectivity index (χ4v) is 3.24. The first kappa shape index (κ1) is 13.3. The van der Waals surface area contributed by atoms with Crippen LogP contribution in [0.1, 0.15) is 32.0 Å². The molecule has 0 bridgehead atoms. The molecule has 0 amide bonds. The van der Waals surface area contributed by atoms with Crippen LogP contribution in [0.4, 0.5) is 0 Å². The molecule has 1 saturated carbocycles. The van der Waals surface area contributed by atoms with Gasteiger partial charge in [0.05, 0.1) is 17.5 Å². The number of carbonyl (C=O) groups is 1. The lowest BCUT2D eigenvalue weighted by atomic mass is 9.79. The Balaban J connectivity index is 1.90. The van der Waals surface area contributed by atoms with Crippen molar-refractivity contribution >= 4 is 16.8 Å². The van der Waals surface area contributed by atoms with Gasteiger partial charge in [-0.1, -0.05) is 25.5 Å². The number of para-hydroxylation sites is 2. The van der Waals surface area contributed by atoms with Crippen molar-refractivity contribution in [1.82, 2.24) is 9.55 Å². The fourth-order valence-electron chi connectivity index (χ4n) is 3.24. The summed E-state index contributed by atoms with van der Waals surface area (Å²) in [7, 11) is 1.97. The maximum atomic E-state index is 12.6. The number of benzene rings is 1. The number of fused-ring (bicyclic) bond motifs is 1. The summed E-state index contributed by atoms with van der Waals surface area (Å²) in [6.07, 6.45) is 3.27. The van der Waals surface area contributed by atoms with Crippen molar-refractivity contribution in [2.45, 2.75) is 38.6 Å². The van der Waals surface area contributed by atoms with E-state index in [1.54, 1.807) is 0 Å². The number of aryl methyl sites for hydroxylation is 1. The Bertz CT molecular complexity index is 661. The fraction of sp³-hybridized carbons (Fsp3) is 0.500. The standard InChI is InChI=1S/C16H21N3O/c1-16(9-5-8-13(16)17)14(20)10-15-18-11-6-3-4-7-12(11)19(15)2/h3-4,6-7,13H,5,8-10,17H2,1-2H3. The van der Waals surface area contributed by atoms with E-state index in [0.29, 0.717) is 6.42 Å². The first-order chi connectivity index (χ1) is 9.52. The molecule has 2 unspecified atom stereocenters. The first-order valence-corrected chi connectivity index (χ1v) is 7.21. The Morgan fingerprint density at radius 3 is 2.90 bits per heavy atom. The van der Waals surface area contributed by atoms with Crippen molar-refractivity contribution in [3.8, 4) is 0 Å². The minimum atomic E-state index is -0.377. The molecule has 1 fully saturated rings. The third-order valence-corrected chi connectivity index (χ3v) is 4.87. The predicted octanol–water partition coefficient (Wildman–Crippen LogP) is 2.20. The molecule has 1 aliphatic rings. The Kier molecular flexibility index (Phi) is 3.13. The molecule has 1 heterocycles. The van der Waals surface area contributed by atoms with Gasteiger partial charge in [-0.25, -0.2) is 4.98 Å². The zero-order chi connectivity index (χ0) is 14.3. The van der Waals surface area contributed by atoms with Gasteiger partial charge in [0.15, 0.2) is 0 Å². The van der Waals surface area contributed by atoms with Crippen LogP contribution in [-0.4, -0.2) is 21.4 Å². The quantitative estimate of drug-likeness (QED) is 0.931. The van der Waals surface area contributed by atoms with E-state index in [2.05, 4.69) is 4.98 Å². The van der Waals surface area contributed by atoms with Gasteiger partial charge in [0.1, 0.15) is 11.6 Å². The summed E-state index contributed by atoms with van der Waals surface area (Å²) in [4.78, 5) is 17.2. The second-order valence-electron chi connectivity index (χ2n) is 6.09. The molecule has 1 aromatic heterocycles. The lowest BCUT2D eigenvalue weighted by molar-refractivity contribution is -0.127. The number of rotatable bonds is 3. The largest absolute Gasteiger partial charge is 0.331 e. The molecule has 2 N–H and O–H groups in total. The molecule has 1 aliphatic carbocycles. The SMILES string of the molecule is Cn1c(CC(=O)C2(C)CCCC2N)nc2ccccc21. The number of Topliss-reactive ketones (excluding diaryl/α,β-unsaturated/α-hetero) is 1. The molecule has 0 saturated heterocycles. The molecular formula is C16H21N3O. The molecule has 1 aromatic carbocycles. The van der Waals surface area contributed by atoms with Crippen molar-refractivity contribution in [3.05, 3.63) is 30.1 Å². The summed E-state index contributed by atoms with van der Waals surface area (Å²) in [6, 6.07) is 7.95. The molecule has 3 rings (SSSR count). The molecule has 4 heteroatoms. The normalized spacial score (nSPS) is 26.2. The lowest BCUT2D eigenvalue weighted by Gasteiger charge is -2.27. The van der Waals surface area contributed by atoms with E-state index in [1.165, 1.54) is 0 Å². The summed E-state index contributed by atoms with van der Waals surface area (Å²) in [5, 5.41) is 0. The summed E-state index contributed by atoms with van der Waals surface area (Å²) in [6.45, 7) is 2.01. The average molecular weight is 271 g/mol. The van der Waals surface area contributed by atoms with Crippen LogP contribution in [0.25, 0.3) is 11.0 Å². The minimum Gasteiger partial charge on any atom is -0.331 e. The number of hydrogen-bond donors (Lipinski definition) is 1. The maximum absolute atomic E-state index is 12.6. The van der Waals surface area contributed by atoms with Crippen molar-refractivity contribution in [2.24, 2.45) is 18.2 Å². The topological polar surface area (TPSA) is 60.9 Å². The van der Waals surface area contributed by atoms with E-state index in [-0.39, 0.29) is 17.2 Å². The molecule has 0 aliphatic heterocycles. The van der Waals surface area contributed by atoms with Gasteiger partial charge in [0.2, 0.25) is 0 Å². The highest BCUT2D eigenvalue weighted by Gasteiger charge is 2.42. The minimum absolute atomic E-state index is 0.00955. The van der Waals surface area contributed by atoms with Crippen molar-refractivity contribution < 1.29 is 4.79 Å². The number of carbonyl (C=O) groups excluding carboxylic acids is 1. The Morgan fingerprint density at radius 2 is 2.25 bits per heavy atom. The van der Waals surface area contributed by atoms with Crippen LogP contribution in [0.15, 0.2) is 24.3 Å². The van der Waals surface area contributed by atoms with E-state index in [0.717, 1.165) is 36.1 Å². The maximum Gasteiger partial charge on any atom is 0.147 e. The molecule has 0 radical (unpaired) electrons. The summed E-state index contributed by atoms with van der Waals surface area (Å²) in [5.74, 6) is 1.05. The Hall–Kier alpha value is -1.68. The van der Waals surface area contributed by atoms with E-state index in [1.807, 2.05) is 42.8 Å². The smallest absolute Gasteiger partial charge is 0.147 e. The van der Waals surface area contributed by atoms with Crippen LogP contribution >= 0.6 is 0 Å². The van der Waals surface area contributed by atoms with Crippen molar-refractivity contribution in [1.29, 1.82) is 0 Å². The van der Waals surface area contributed by atoms with Crippen LogP contribution in [0.3, 0.4) is 0 Å². The van der Waals surface area contributed by atoms with Crippen LogP contribution in [0, 0.1) is 5.41 Å². The van der Waals surface area contributed by atoms with Gasteiger partial charge in [-0.05, 0) is 25.0 Å². The van der Waals surface area contributed by atoms with E-state index in [4.69, 9.17) is 5.73 Å². The van der Waals surface area contributed by atoms with Gasteiger partial charge in [-0.2, -0.15) is 0 Å². The van der Waals surface area contributed by atoms with Gasteiger partial charge in [-0.3, -0.25) is 4.79 Å². The number of imidazole rings is 1. The van der Waals surface area contributed by atoms with Crippen LogP contribution in [-0.2, 0) is 18.3 Å². The van der Waals surface area contributed by atoms with Crippen LogP contribution < -0.4 is 5.73 Å². The number of nitrogens with zero attached hydrogens (tertiary/aromatic N) is 2. The summed E-state index contributed by atoms with van der Waals surface area (Å²) < 4.78 is 2.01. The molecule has 20 heavy (non-hydrogen) atoms. The van der Waals surface area contributed by atoms with E-state index >= 15 is 0 Å². The highest BCUT2D eigenvalue weighted by atomic mass is 16.1. The van der Waals surface area contributed by atoms with Crippen molar-refractivity contribution in [2.75, 3.05) is 0 Å². The number of nitrogens with two attached hydrogens (primary N) is 1. The van der Waals surface area contributed by atoms with Gasteiger partial charge in [-0.15, -0.1) is 0 Å². The lowest BCUT2D eigenvalue weighted by Crippen LogP contribution is -2.42. The highest BCUT2D eigenvalue weighted by Crippen LogP contribution is 2.38. The summed E-state index contributed by atoms with van der Waals surface area (Å²) in [5.41, 5.74) is 7.77. The Labute approximate surface area is 119 Å². The van der Waals surface area contributed by atoms with Gasteiger partial charge in [0.25, 0.3) is 0 Å². The number of ketones is 1. The first-order valence-electron chi connectivity index (χ1n) is 7.21. The van der Waals surface area contributed by atoms with Gasteiger partial charge < -0.3 is 10.3 Å². The molecule has 106 valence electrons. The summed E-state index contributed by atoms with van der Waals surface area (Å²) >= 11 is 0. The van der Waals surface area contributed by atoms with E-state index in [9.17, 15) is 4.79 Å². The second-order valence-corrected chi connectivity index (χ2v) is 6.09. The van der Waals surface area contributed by atoms with Crippen molar-refractivity contribution in [3.63, 3.8) is 0 Å². The zero-order valence-corrected chi connectivity index (χ0v) is 12.1. The Morgan fingerprint density at radius 1 is 1.50 bits per heavy atom. The van der Waals surface area contributed by atoms with Crippen LogP contribution in [0.5, 0.6) is 0 Å². The monoisotopic (exact) mass is 271 g/mol. The molecule has 0 spiro atoms. The predicted molar refractivity (Wildman–Crippen MR) is 79.4 cm³/mol. The van der Waals surface area contributed by atoms with E-state index < -0.39 is 0 Å². The molecular weight excluding hydrogens is 250 g/mol. The highest BCUT2D eigenvalue weighted by molar-refractivity contribution is 5.88. The average Bonchev–Trinajstić information content (AvgIpc) is 2.93. The number of aromatic nitrogens is 2. The zero-order valence-electron chi connectivity index (χ0n) is 12.1. The van der Waals surface area contributed by atoms with Crippen LogP contribution in [0.2, 0.25) is 0 Å². The third kappa shape index (κ3) is 1.95. The van der Waals surface area contributed by atoms with Gasteiger partial charge in [0, 0.05) is 18.5 Å². The molecule has 4 nitrogen and oxygen atoms in total. The third-order valence-electron chi connectivity index (χ3n) is 4.87. The molecule has 2 atom stereocenters. The number of hydrogen-bond acceptors (Lipinski definition) is 3.